The fourth-order valence-corrected chi connectivity index (χ4v) is 2.94. The Morgan fingerprint density at radius 1 is 0.950 bits per heavy atom. The average Bonchev–Trinajstić information content (AvgIpc) is 2.82. The van der Waals surface area contributed by atoms with Gasteiger partial charge in [0.1, 0.15) is 0 Å². The Bertz CT molecular complexity index is 293. The molecule has 0 spiro atoms. The van der Waals surface area contributed by atoms with Crippen LogP contribution in [0.15, 0.2) is 0 Å². The molecule has 0 aliphatic carbocycles. The summed E-state index contributed by atoms with van der Waals surface area (Å²) in [6, 6.07) is 0. The Morgan fingerprint density at radius 2 is 1.80 bits per heavy atom. The predicted octanol–water partition coefficient (Wildman–Crippen LogP) is -1.19. The van der Waals surface area contributed by atoms with E-state index in [-0.39, 0.29) is 12.5 Å². The molecular weight excluding hydrogens is 256 g/mol. The molecule has 0 aromatic rings. The van der Waals surface area contributed by atoms with E-state index in [0.29, 0.717) is 6.54 Å². The third kappa shape index (κ3) is 5.01. The molecule has 20 heavy (non-hydrogen) atoms. The molecule has 0 saturated carbocycles. The lowest BCUT2D eigenvalue weighted by Gasteiger charge is -2.25. The number of nitrogens with zero attached hydrogens (tertiary/aromatic N) is 3. The number of hydrogen-bond donors (Lipinski definition) is 2. The largest absolute Gasteiger partial charge is 0.395 e. The topological polar surface area (TPSA) is 59.1 Å². The summed E-state index contributed by atoms with van der Waals surface area (Å²) in [5.74, 6) is 0.262. The van der Waals surface area contributed by atoms with Crippen molar-refractivity contribution in [1.82, 2.24) is 20.0 Å². The number of carbonyl (C=O) groups excluding carboxylic acids is 1. The van der Waals surface area contributed by atoms with Crippen LogP contribution in [0.3, 0.4) is 0 Å². The van der Waals surface area contributed by atoms with Crippen LogP contribution in [0.4, 0.5) is 0 Å². The quantitative estimate of drug-likeness (QED) is 0.680. The minimum absolute atomic E-state index is 0.203. The summed E-state index contributed by atoms with van der Waals surface area (Å²) in [5, 5.41) is 12.4. The van der Waals surface area contributed by atoms with Crippen molar-refractivity contribution < 1.29 is 9.90 Å². The van der Waals surface area contributed by atoms with Crippen molar-refractivity contribution in [3.63, 3.8) is 0 Å². The van der Waals surface area contributed by atoms with E-state index < -0.39 is 0 Å². The fraction of sp³-hybridized carbons (Fsp3) is 0.929. The Kier molecular flexibility index (Phi) is 6.72. The van der Waals surface area contributed by atoms with E-state index in [1.54, 1.807) is 0 Å². The number of nitrogens with one attached hydrogen (secondary N) is 1. The molecule has 2 saturated heterocycles. The van der Waals surface area contributed by atoms with Gasteiger partial charge in [-0.15, -0.1) is 0 Å². The summed E-state index contributed by atoms with van der Waals surface area (Å²) >= 11 is 0. The van der Waals surface area contributed by atoms with Gasteiger partial charge in [0.25, 0.3) is 0 Å². The van der Waals surface area contributed by atoms with Gasteiger partial charge in [-0.3, -0.25) is 14.6 Å². The van der Waals surface area contributed by atoms with Crippen LogP contribution in [0.25, 0.3) is 0 Å². The summed E-state index contributed by atoms with van der Waals surface area (Å²) in [5.41, 5.74) is 0. The third-order valence-corrected chi connectivity index (χ3v) is 4.15. The maximum atomic E-state index is 12.4. The molecule has 116 valence electrons. The van der Waals surface area contributed by atoms with Crippen LogP contribution in [0, 0.1) is 0 Å². The van der Waals surface area contributed by atoms with Crippen LogP contribution in [0.2, 0.25) is 0 Å². The minimum Gasteiger partial charge on any atom is -0.395 e. The molecule has 0 atom stereocenters. The molecule has 0 bridgehead atoms. The van der Waals surface area contributed by atoms with Crippen molar-refractivity contribution in [1.29, 1.82) is 0 Å². The molecule has 2 N–H and O–H groups in total. The molecule has 2 aliphatic heterocycles. The standard InChI is InChI=1S/C14H28N4O2/c19-12-11-16-6-2-7-18(10-9-16)14(20)13-17-5-1-3-15-4-8-17/h15,19H,1-13H2. The van der Waals surface area contributed by atoms with E-state index in [0.717, 1.165) is 71.7 Å². The number of hydrogen-bond acceptors (Lipinski definition) is 5. The molecule has 0 aromatic carbocycles. The highest BCUT2D eigenvalue weighted by molar-refractivity contribution is 5.78. The molecule has 2 fully saturated rings. The first kappa shape index (κ1) is 15.7. The smallest absolute Gasteiger partial charge is 0.236 e. The molecule has 1 amide bonds. The number of aliphatic hydroxyl groups excluding tert-OH is 1. The van der Waals surface area contributed by atoms with Crippen molar-refractivity contribution in [2.45, 2.75) is 12.8 Å². The van der Waals surface area contributed by atoms with Gasteiger partial charge in [0.15, 0.2) is 0 Å². The van der Waals surface area contributed by atoms with E-state index in [2.05, 4.69) is 15.1 Å². The summed E-state index contributed by atoms with van der Waals surface area (Å²) in [6.07, 6.45) is 2.13. The molecule has 6 heteroatoms. The lowest BCUT2D eigenvalue weighted by Crippen LogP contribution is -2.43. The van der Waals surface area contributed by atoms with Gasteiger partial charge in [-0.2, -0.15) is 0 Å². The Labute approximate surface area is 121 Å². The summed E-state index contributed by atoms with van der Waals surface area (Å²) in [4.78, 5) is 18.9. The van der Waals surface area contributed by atoms with Gasteiger partial charge in [-0.25, -0.2) is 0 Å². The van der Waals surface area contributed by atoms with Crippen molar-refractivity contribution in [3.8, 4) is 0 Å². The maximum absolute atomic E-state index is 12.4. The summed E-state index contributed by atoms with van der Waals surface area (Å²) < 4.78 is 0. The van der Waals surface area contributed by atoms with E-state index in [1.807, 2.05) is 4.90 Å². The van der Waals surface area contributed by atoms with Crippen molar-refractivity contribution in [2.75, 3.05) is 72.1 Å². The SMILES string of the molecule is O=C(CN1CCCNCC1)N1CCCN(CCO)CC1. The molecule has 2 rings (SSSR count). The fourth-order valence-electron chi connectivity index (χ4n) is 2.94. The summed E-state index contributed by atoms with van der Waals surface area (Å²) in [7, 11) is 0. The highest BCUT2D eigenvalue weighted by Crippen LogP contribution is 2.05. The molecule has 2 aliphatic rings. The minimum atomic E-state index is 0.203. The first-order valence-corrected chi connectivity index (χ1v) is 7.83. The number of β-amino-alcohol motifs (C(OH)–C–C–N with tert-alkyl or cyclic N) is 1. The number of rotatable bonds is 4. The van der Waals surface area contributed by atoms with Gasteiger partial charge in [-0.05, 0) is 32.5 Å². The molecule has 0 radical (unpaired) electrons. The van der Waals surface area contributed by atoms with Crippen molar-refractivity contribution >= 4 is 5.91 Å². The van der Waals surface area contributed by atoms with Crippen LogP contribution in [-0.2, 0) is 4.79 Å². The lowest BCUT2D eigenvalue weighted by molar-refractivity contribution is -0.132. The van der Waals surface area contributed by atoms with Crippen LogP contribution in [0.5, 0.6) is 0 Å². The van der Waals surface area contributed by atoms with Crippen LogP contribution in [0.1, 0.15) is 12.8 Å². The van der Waals surface area contributed by atoms with E-state index in [4.69, 9.17) is 5.11 Å². The van der Waals surface area contributed by atoms with Crippen LogP contribution >= 0.6 is 0 Å². The maximum Gasteiger partial charge on any atom is 0.236 e. The van der Waals surface area contributed by atoms with E-state index >= 15 is 0 Å². The molecule has 0 aromatic heterocycles. The first-order chi connectivity index (χ1) is 9.79. The third-order valence-electron chi connectivity index (χ3n) is 4.15. The molecule has 0 unspecified atom stereocenters. The van der Waals surface area contributed by atoms with Crippen LogP contribution in [-0.4, -0.2) is 97.8 Å². The van der Waals surface area contributed by atoms with Crippen molar-refractivity contribution in [3.05, 3.63) is 0 Å². The highest BCUT2D eigenvalue weighted by atomic mass is 16.3. The zero-order chi connectivity index (χ0) is 14.2. The number of aliphatic hydroxyl groups is 1. The second-order valence-corrected chi connectivity index (χ2v) is 5.68. The molecule has 6 nitrogen and oxygen atoms in total. The molecular formula is C14H28N4O2. The van der Waals surface area contributed by atoms with Crippen molar-refractivity contribution in [2.24, 2.45) is 0 Å². The number of amides is 1. The van der Waals surface area contributed by atoms with Gasteiger partial charge in [0.2, 0.25) is 5.91 Å². The second-order valence-electron chi connectivity index (χ2n) is 5.68. The van der Waals surface area contributed by atoms with Gasteiger partial charge in [0.05, 0.1) is 13.2 Å². The monoisotopic (exact) mass is 284 g/mol. The Balaban J connectivity index is 1.76. The van der Waals surface area contributed by atoms with Gasteiger partial charge < -0.3 is 15.3 Å². The highest BCUT2D eigenvalue weighted by Gasteiger charge is 2.21. The molecule has 2 heterocycles. The van der Waals surface area contributed by atoms with Gasteiger partial charge in [0, 0.05) is 39.3 Å². The Hall–Kier alpha value is -0.690. The Morgan fingerprint density at radius 3 is 2.65 bits per heavy atom. The van der Waals surface area contributed by atoms with Gasteiger partial charge >= 0.3 is 0 Å². The first-order valence-electron chi connectivity index (χ1n) is 7.83. The van der Waals surface area contributed by atoms with E-state index in [9.17, 15) is 4.79 Å². The van der Waals surface area contributed by atoms with E-state index in [1.165, 1.54) is 0 Å². The zero-order valence-corrected chi connectivity index (χ0v) is 12.4. The zero-order valence-electron chi connectivity index (χ0n) is 12.4. The second kappa shape index (κ2) is 8.56. The van der Waals surface area contributed by atoms with Gasteiger partial charge in [-0.1, -0.05) is 0 Å². The summed E-state index contributed by atoms with van der Waals surface area (Å²) in [6.45, 7) is 9.03. The predicted molar refractivity (Wildman–Crippen MR) is 78.6 cm³/mol. The lowest BCUT2D eigenvalue weighted by atomic mass is 10.3. The average molecular weight is 284 g/mol. The number of carbonyl (C=O) groups is 1. The van der Waals surface area contributed by atoms with Crippen LogP contribution < -0.4 is 5.32 Å². The normalized spacial score (nSPS) is 23.4.